The number of aromatic amines is 1. The Morgan fingerprint density at radius 3 is 2.72 bits per heavy atom. The number of rotatable bonds is 3. The number of aromatic nitrogens is 2. The molecule has 0 unspecified atom stereocenters. The third kappa shape index (κ3) is 2.52. The van der Waals surface area contributed by atoms with Crippen molar-refractivity contribution in [3.8, 4) is 0 Å². The lowest BCUT2D eigenvalue weighted by atomic mass is 10.4. The van der Waals surface area contributed by atoms with E-state index in [0.29, 0.717) is 0 Å². The molecular weight excluding hydrogens is 264 g/mol. The lowest BCUT2D eigenvalue weighted by molar-refractivity contribution is -0.510. The van der Waals surface area contributed by atoms with Crippen molar-refractivity contribution in [3.05, 3.63) is 65.6 Å². The zero-order valence-corrected chi connectivity index (χ0v) is 11.2. The summed E-state index contributed by atoms with van der Waals surface area (Å²) >= 11 is 7.66. The third-order valence-corrected chi connectivity index (χ3v) is 3.99. The second-order valence-corrected chi connectivity index (χ2v) is 5.50. The quantitative estimate of drug-likeness (QED) is 0.571. The fourth-order valence-electron chi connectivity index (χ4n) is 1.80. The molecule has 0 aliphatic rings. The van der Waals surface area contributed by atoms with Crippen molar-refractivity contribution < 1.29 is 4.40 Å². The molecule has 90 valence electrons. The normalized spacial score (nSPS) is 10.9. The standard InChI is InChI=1S/C14H11ClN2S/c15-11-4-6-13(7-5-11)18-10-12-9-17-8-2-1-3-14(17)16-12/h1-9H,10H2/p+1. The summed E-state index contributed by atoms with van der Waals surface area (Å²) in [5.74, 6) is 0.920. The van der Waals surface area contributed by atoms with Gasteiger partial charge in [-0.2, -0.15) is 0 Å². The van der Waals surface area contributed by atoms with Crippen LogP contribution in [0.1, 0.15) is 5.69 Å². The predicted octanol–water partition coefficient (Wildman–Crippen LogP) is 3.70. The maximum atomic E-state index is 5.86. The zero-order chi connectivity index (χ0) is 12.4. The van der Waals surface area contributed by atoms with Gasteiger partial charge in [-0.1, -0.05) is 17.7 Å². The summed E-state index contributed by atoms with van der Waals surface area (Å²) < 4.78 is 2.09. The van der Waals surface area contributed by atoms with Crippen molar-refractivity contribution in [2.45, 2.75) is 10.6 Å². The minimum Gasteiger partial charge on any atom is -0.240 e. The average Bonchev–Trinajstić information content (AvgIpc) is 2.81. The molecule has 1 N–H and O–H groups in total. The van der Waals surface area contributed by atoms with E-state index in [-0.39, 0.29) is 0 Å². The molecule has 0 aliphatic heterocycles. The monoisotopic (exact) mass is 275 g/mol. The minimum absolute atomic E-state index is 0.778. The molecule has 2 heterocycles. The van der Waals surface area contributed by atoms with Crippen LogP contribution in [0.3, 0.4) is 0 Å². The van der Waals surface area contributed by atoms with Gasteiger partial charge in [0.2, 0.25) is 0 Å². The lowest BCUT2D eigenvalue weighted by Crippen LogP contribution is -2.16. The second kappa shape index (κ2) is 5.04. The highest BCUT2D eigenvalue weighted by Crippen LogP contribution is 2.23. The number of hydrogen-bond donors (Lipinski definition) is 1. The molecule has 0 saturated heterocycles. The first-order valence-corrected chi connectivity index (χ1v) is 7.04. The van der Waals surface area contributed by atoms with Crippen LogP contribution in [0.25, 0.3) is 5.65 Å². The maximum Gasteiger partial charge on any atom is 0.284 e. The fourth-order valence-corrected chi connectivity index (χ4v) is 2.73. The fraction of sp³-hybridized carbons (Fsp3) is 0.0714. The van der Waals surface area contributed by atoms with Crippen molar-refractivity contribution in [2.75, 3.05) is 0 Å². The van der Waals surface area contributed by atoms with E-state index in [4.69, 9.17) is 11.6 Å². The minimum atomic E-state index is 0.778. The van der Waals surface area contributed by atoms with E-state index in [0.717, 1.165) is 16.4 Å². The van der Waals surface area contributed by atoms with Crippen LogP contribution in [-0.2, 0) is 5.75 Å². The summed E-state index contributed by atoms with van der Waals surface area (Å²) in [4.78, 5) is 4.62. The molecule has 0 amide bonds. The van der Waals surface area contributed by atoms with Crippen LogP contribution in [0.15, 0.2) is 59.8 Å². The van der Waals surface area contributed by atoms with Crippen molar-refractivity contribution in [1.82, 2.24) is 4.98 Å². The first kappa shape index (κ1) is 11.6. The van der Waals surface area contributed by atoms with Gasteiger partial charge in [0.15, 0.2) is 5.69 Å². The van der Waals surface area contributed by atoms with Crippen molar-refractivity contribution >= 4 is 29.0 Å². The number of hydrogen-bond acceptors (Lipinski definition) is 1. The number of imidazole rings is 1. The molecule has 3 rings (SSSR count). The predicted molar refractivity (Wildman–Crippen MR) is 75.0 cm³/mol. The molecule has 0 radical (unpaired) electrons. The van der Waals surface area contributed by atoms with Gasteiger partial charge in [0.1, 0.15) is 6.20 Å². The van der Waals surface area contributed by atoms with E-state index in [1.165, 1.54) is 10.6 Å². The molecule has 0 aliphatic carbocycles. The highest BCUT2D eigenvalue weighted by molar-refractivity contribution is 7.98. The van der Waals surface area contributed by atoms with Gasteiger partial charge in [0, 0.05) is 16.0 Å². The largest absolute Gasteiger partial charge is 0.284 e. The SMILES string of the molecule is Clc1ccc(SCc2c[n+]3ccccc3[nH]2)cc1. The molecule has 2 nitrogen and oxygen atoms in total. The molecule has 4 heteroatoms. The number of fused-ring (bicyclic) bond motifs is 1. The molecule has 0 saturated carbocycles. The molecule has 0 spiro atoms. The summed E-state index contributed by atoms with van der Waals surface area (Å²) in [6.07, 6.45) is 4.17. The lowest BCUT2D eigenvalue weighted by Gasteiger charge is -1.97. The van der Waals surface area contributed by atoms with Gasteiger partial charge < -0.3 is 0 Å². The Balaban J connectivity index is 1.74. The third-order valence-electron chi connectivity index (χ3n) is 2.68. The number of halogens is 1. The van der Waals surface area contributed by atoms with Gasteiger partial charge in [-0.15, -0.1) is 11.8 Å². The van der Waals surface area contributed by atoms with E-state index in [1.54, 1.807) is 11.8 Å². The average molecular weight is 276 g/mol. The van der Waals surface area contributed by atoms with Gasteiger partial charge in [-0.05, 0) is 30.3 Å². The van der Waals surface area contributed by atoms with Crippen LogP contribution in [0.5, 0.6) is 0 Å². The van der Waals surface area contributed by atoms with Crippen LogP contribution in [-0.4, -0.2) is 4.98 Å². The maximum absolute atomic E-state index is 5.86. The second-order valence-electron chi connectivity index (χ2n) is 4.02. The molecule has 1 aromatic carbocycles. The van der Waals surface area contributed by atoms with Gasteiger partial charge >= 0.3 is 0 Å². The molecule has 0 fully saturated rings. The Morgan fingerprint density at radius 1 is 1.11 bits per heavy atom. The molecular formula is C14H12ClN2S+. The Labute approximate surface area is 115 Å². The molecule has 18 heavy (non-hydrogen) atoms. The van der Waals surface area contributed by atoms with E-state index in [2.05, 4.69) is 21.6 Å². The van der Waals surface area contributed by atoms with Crippen molar-refractivity contribution in [1.29, 1.82) is 0 Å². The smallest absolute Gasteiger partial charge is 0.240 e. The van der Waals surface area contributed by atoms with E-state index >= 15 is 0 Å². The van der Waals surface area contributed by atoms with Crippen LogP contribution < -0.4 is 4.40 Å². The van der Waals surface area contributed by atoms with Crippen LogP contribution in [0.4, 0.5) is 0 Å². The number of nitrogens with one attached hydrogen (secondary N) is 1. The topological polar surface area (TPSA) is 19.9 Å². The Bertz CT molecular complexity index is 628. The first-order chi connectivity index (χ1) is 8.81. The number of pyridine rings is 1. The Morgan fingerprint density at radius 2 is 1.94 bits per heavy atom. The number of H-pyrrole nitrogens is 1. The zero-order valence-electron chi connectivity index (χ0n) is 9.64. The van der Waals surface area contributed by atoms with Gasteiger partial charge in [-0.25, -0.2) is 9.38 Å². The molecule has 2 aromatic heterocycles. The summed E-state index contributed by atoms with van der Waals surface area (Å²) in [5.41, 5.74) is 2.32. The first-order valence-electron chi connectivity index (χ1n) is 5.67. The highest BCUT2D eigenvalue weighted by atomic mass is 35.5. The van der Waals surface area contributed by atoms with Crippen molar-refractivity contribution in [3.63, 3.8) is 0 Å². The van der Waals surface area contributed by atoms with Crippen LogP contribution in [0.2, 0.25) is 5.02 Å². The van der Waals surface area contributed by atoms with Gasteiger partial charge in [0.05, 0.1) is 11.9 Å². The number of nitrogens with zero attached hydrogens (tertiary/aromatic N) is 1. The summed E-state index contributed by atoms with van der Waals surface area (Å²) in [6, 6.07) is 14.1. The summed E-state index contributed by atoms with van der Waals surface area (Å²) in [6.45, 7) is 0. The van der Waals surface area contributed by atoms with E-state index in [1.807, 2.05) is 42.6 Å². The summed E-state index contributed by atoms with van der Waals surface area (Å²) in [7, 11) is 0. The Kier molecular flexibility index (Phi) is 3.26. The molecule has 0 atom stereocenters. The summed E-state index contributed by atoms with van der Waals surface area (Å²) in [5, 5.41) is 0.778. The van der Waals surface area contributed by atoms with Crippen LogP contribution >= 0.6 is 23.4 Å². The number of benzene rings is 1. The van der Waals surface area contributed by atoms with Gasteiger partial charge in [0.25, 0.3) is 5.65 Å². The van der Waals surface area contributed by atoms with E-state index < -0.39 is 0 Å². The molecule has 3 aromatic rings. The highest BCUT2D eigenvalue weighted by Gasteiger charge is 2.07. The number of thioether (sulfide) groups is 1. The van der Waals surface area contributed by atoms with Crippen molar-refractivity contribution in [2.24, 2.45) is 0 Å². The van der Waals surface area contributed by atoms with Crippen LogP contribution in [0, 0.1) is 0 Å². The van der Waals surface area contributed by atoms with E-state index in [9.17, 15) is 0 Å². The van der Waals surface area contributed by atoms with Gasteiger partial charge in [-0.3, -0.25) is 0 Å². The molecule has 0 bridgehead atoms. The Hall–Kier alpha value is -1.45.